The second-order valence-electron chi connectivity index (χ2n) is 6.90. The largest absolute Gasteiger partial charge is 0.487 e. The first-order chi connectivity index (χ1) is 14.2. The number of carbonyl (C=O) groups excluding carboxylic acids is 1. The first-order valence-corrected chi connectivity index (χ1v) is 9.62. The van der Waals surface area contributed by atoms with Gasteiger partial charge in [0.05, 0.1) is 11.7 Å². The molecule has 144 valence electrons. The van der Waals surface area contributed by atoms with Crippen molar-refractivity contribution in [3.05, 3.63) is 108 Å². The molecule has 29 heavy (non-hydrogen) atoms. The number of ether oxygens (including phenoxy) is 1. The lowest BCUT2D eigenvalue weighted by molar-refractivity contribution is 0.0941. The molecule has 3 aromatic carbocycles. The highest BCUT2D eigenvalue weighted by Crippen LogP contribution is 2.22. The standard InChI is InChI=1S/C25H22N2O2/c1-18(27-25(28)24-14-7-9-19-8-2-3-13-23(19)24)20-10-6-12-22(16-20)29-17-21-11-4-5-15-26-21/h2-16,18H,17H2,1H3,(H,27,28). The van der Waals surface area contributed by atoms with Crippen molar-refractivity contribution in [2.45, 2.75) is 19.6 Å². The van der Waals surface area contributed by atoms with Crippen molar-refractivity contribution in [2.75, 3.05) is 0 Å². The number of fused-ring (bicyclic) bond motifs is 1. The van der Waals surface area contributed by atoms with Crippen molar-refractivity contribution in [3.63, 3.8) is 0 Å². The fraction of sp³-hybridized carbons (Fsp3) is 0.120. The maximum absolute atomic E-state index is 12.9. The number of rotatable bonds is 6. The van der Waals surface area contributed by atoms with E-state index in [9.17, 15) is 4.79 Å². The zero-order valence-electron chi connectivity index (χ0n) is 16.2. The van der Waals surface area contributed by atoms with Gasteiger partial charge in [0.15, 0.2) is 0 Å². The normalized spacial score (nSPS) is 11.8. The van der Waals surface area contributed by atoms with E-state index in [1.54, 1.807) is 6.20 Å². The molecule has 0 spiro atoms. The van der Waals surface area contributed by atoms with Crippen LogP contribution in [0.2, 0.25) is 0 Å². The van der Waals surface area contributed by atoms with E-state index in [0.717, 1.165) is 27.8 Å². The van der Waals surface area contributed by atoms with Crippen LogP contribution in [-0.4, -0.2) is 10.9 Å². The zero-order chi connectivity index (χ0) is 20.1. The summed E-state index contributed by atoms with van der Waals surface area (Å²) in [6.45, 7) is 2.38. The molecule has 0 bridgehead atoms. The van der Waals surface area contributed by atoms with Gasteiger partial charge in [0, 0.05) is 11.8 Å². The van der Waals surface area contributed by atoms with Crippen LogP contribution in [0.25, 0.3) is 10.8 Å². The van der Waals surface area contributed by atoms with Crippen molar-refractivity contribution in [1.82, 2.24) is 10.3 Å². The van der Waals surface area contributed by atoms with Crippen LogP contribution >= 0.6 is 0 Å². The van der Waals surface area contributed by atoms with Crippen LogP contribution in [0, 0.1) is 0 Å². The Morgan fingerprint density at radius 1 is 0.966 bits per heavy atom. The lowest BCUT2D eigenvalue weighted by Crippen LogP contribution is -2.26. The van der Waals surface area contributed by atoms with Gasteiger partial charge in [-0.15, -0.1) is 0 Å². The fourth-order valence-electron chi connectivity index (χ4n) is 3.30. The summed E-state index contributed by atoms with van der Waals surface area (Å²) in [5, 5.41) is 5.10. The summed E-state index contributed by atoms with van der Waals surface area (Å²) >= 11 is 0. The van der Waals surface area contributed by atoms with Gasteiger partial charge < -0.3 is 10.1 Å². The molecule has 1 atom stereocenters. The van der Waals surface area contributed by atoms with Gasteiger partial charge in [0.1, 0.15) is 12.4 Å². The molecule has 0 aliphatic carbocycles. The molecule has 0 aliphatic rings. The smallest absolute Gasteiger partial charge is 0.252 e. The number of benzene rings is 3. The fourth-order valence-corrected chi connectivity index (χ4v) is 3.30. The molecule has 0 saturated carbocycles. The average molecular weight is 382 g/mol. The quantitative estimate of drug-likeness (QED) is 0.492. The Kier molecular flexibility index (Phi) is 5.52. The van der Waals surface area contributed by atoms with Crippen LogP contribution in [0.4, 0.5) is 0 Å². The monoisotopic (exact) mass is 382 g/mol. The highest BCUT2D eigenvalue weighted by molar-refractivity contribution is 6.07. The average Bonchev–Trinajstić information content (AvgIpc) is 2.78. The van der Waals surface area contributed by atoms with Gasteiger partial charge in [-0.2, -0.15) is 0 Å². The molecule has 4 heteroatoms. The summed E-state index contributed by atoms with van der Waals surface area (Å²) in [6, 6.07) is 27.1. The van der Waals surface area contributed by atoms with E-state index in [1.807, 2.05) is 91.9 Å². The van der Waals surface area contributed by atoms with Crippen LogP contribution in [0.3, 0.4) is 0 Å². The predicted molar refractivity (Wildman–Crippen MR) is 115 cm³/mol. The van der Waals surface area contributed by atoms with Crippen molar-refractivity contribution in [3.8, 4) is 5.75 Å². The van der Waals surface area contributed by atoms with E-state index in [-0.39, 0.29) is 11.9 Å². The third-order valence-corrected chi connectivity index (χ3v) is 4.85. The number of carbonyl (C=O) groups is 1. The first kappa shape index (κ1) is 18.7. The number of pyridine rings is 1. The third kappa shape index (κ3) is 4.43. The minimum atomic E-state index is -0.153. The molecule has 1 aromatic heterocycles. The summed E-state index contributed by atoms with van der Waals surface area (Å²) < 4.78 is 5.85. The Balaban J connectivity index is 1.46. The van der Waals surface area contributed by atoms with Crippen LogP contribution in [0.5, 0.6) is 5.75 Å². The number of amides is 1. The molecule has 4 rings (SSSR count). The van der Waals surface area contributed by atoms with Crippen LogP contribution in [-0.2, 0) is 6.61 Å². The van der Waals surface area contributed by atoms with E-state index < -0.39 is 0 Å². The molecule has 1 amide bonds. The van der Waals surface area contributed by atoms with Gasteiger partial charge in [-0.3, -0.25) is 9.78 Å². The van der Waals surface area contributed by atoms with Gasteiger partial charge in [-0.1, -0.05) is 54.6 Å². The Hall–Kier alpha value is -3.66. The van der Waals surface area contributed by atoms with E-state index in [1.165, 1.54) is 0 Å². The molecule has 0 fully saturated rings. The highest BCUT2D eigenvalue weighted by Gasteiger charge is 2.14. The van der Waals surface area contributed by atoms with Gasteiger partial charge in [0.25, 0.3) is 5.91 Å². The van der Waals surface area contributed by atoms with E-state index >= 15 is 0 Å². The Labute approximate surface area is 170 Å². The maximum Gasteiger partial charge on any atom is 0.252 e. The van der Waals surface area contributed by atoms with Crippen molar-refractivity contribution in [2.24, 2.45) is 0 Å². The highest BCUT2D eigenvalue weighted by atomic mass is 16.5. The van der Waals surface area contributed by atoms with Crippen molar-refractivity contribution >= 4 is 16.7 Å². The maximum atomic E-state index is 12.9. The van der Waals surface area contributed by atoms with E-state index in [4.69, 9.17) is 4.74 Å². The van der Waals surface area contributed by atoms with E-state index in [2.05, 4.69) is 10.3 Å². The summed E-state index contributed by atoms with van der Waals surface area (Å²) in [5.41, 5.74) is 2.53. The van der Waals surface area contributed by atoms with Crippen LogP contribution < -0.4 is 10.1 Å². The zero-order valence-corrected chi connectivity index (χ0v) is 16.2. The third-order valence-electron chi connectivity index (χ3n) is 4.85. The molecule has 1 N–H and O–H groups in total. The van der Waals surface area contributed by atoms with E-state index in [0.29, 0.717) is 12.2 Å². The SMILES string of the molecule is CC(NC(=O)c1cccc2ccccc12)c1cccc(OCc2ccccn2)c1. The Bertz CT molecular complexity index is 1120. The second kappa shape index (κ2) is 8.57. The lowest BCUT2D eigenvalue weighted by atomic mass is 10.0. The second-order valence-corrected chi connectivity index (χ2v) is 6.90. The minimum Gasteiger partial charge on any atom is -0.487 e. The van der Waals surface area contributed by atoms with Gasteiger partial charge >= 0.3 is 0 Å². The lowest BCUT2D eigenvalue weighted by Gasteiger charge is -2.16. The molecule has 1 unspecified atom stereocenters. The van der Waals surface area contributed by atoms with Gasteiger partial charge in [-0.05, 0) is 53.6 Å². The summed E-state index contributed by atoms with van der Waals surface area (Å²) in [7, 11) is 0. The molecule has 0 aliphatic heterocycles. The van der Waals surface area contributed by atoms with Crippen molar-refractivity contribution in [1.29, 1.82) is 0 Å². The minimum absolute atomic E-state index is 0.0888. The topological polar surface area (TPSA) is 51.2 Å². The number of nitrogens with zero attached hydrogens (tertiary/aromatic N) is 1. The summed E-state index contributed by atoms with van der Waals surface area (Å²) in [4.78, 5) is 17.2. The summed E-state index contributed by atoms with van der Waals surface area (Å²) in [5.74, 6) is 0.661. The van der Waals surface area contributed by atoms with Gasteiger partial charge in [-0.25, -0.2) is 0 Å². The molecular formula is C25H22N2O2. The van der Waals surface area contributed by atoms with Crippen LogP contribution in [0.1, 0.15) is 34.6 Å². The number of hydrogen-bond donors (Lipinski definition) is 1. The first-order valence-electron chi connectivity index (χ1n) is 9.62. The molecule has 0 saturated heterocycles. The molecular weight excluding hydrogens is 360 g/mol. The predicted octanol–water partition coefficient (Wildman–Crippen LogP) is 5.30. The summed E-state index contributed by atoms with van der Waals surface area (Å²) in [6.07, 6.45) is 1.75. The Morgan fingerprint density at radius 3 is 2.62 bits per heavy atom. The molecule has 4 aromatic rings. The number of aromatic nitrogens is 1. The van der Waals surface area contributed by atoms with Gasteiger partial charge in [0.2, 0.25) is 0 Å². The molecule has 4 nitrogen and oxygen atoms in total. The van der Waals surface area contributed by atoms with Crippen molar-refractivity contribution < 1.29 is 9.53 Å². The molecule has 1 heterocycles. The Morgan fingerprint density at radius 2 is 1.76 bits per heavy atom. The van der Waals surface area contributed by atoms with Crippen LogP contribution in [0.15, 0.2) is 91.1 Å². The number of hydrogen-bond acceptors (Lipinski definition) is 3. The molecule has 0 radical (unpaired) electrons. The number of nitrogens with one attached hydrogen (secondary N) is 1.